The molecule has 10 heteroatoms. The molecule has 0 aliphatic heterocycles. The number of hydrogen-bond acceptors (Lipinski definition) is 2. The van der Waals surface area contributed by atoms with Crippen LogP contribution in [0.25, 0.3) is 0 Å². The third-order valence-corrected chi connectivity index (χ3v) is 2.90. The van der Waals surface area contributed by atoms with E-state index in [1.54, 1.807) is 0 Å². The zero-order valence-electron chi connectivity index (χ0n) is 8.69. The first-order chi connectivity index (χ1) is 8.49. The average Bonchev–Trinajstić information content (AvgIpc) is 2.19. The number of rotatable bonds is 2. The highest BCUT2D eigenvalue weighted by molar-refractivity contribution is 8.00. The van der Waals surface area contributed by atoms with Gasteiger partial charge in [-0.3, -0.25) is 4.79 Å². The number of amides is 1. The Kier molecular flexibility index (Phi) is 4.62. The Bertz CT molecular complexity index is 487. The number of anilines is 1. The van der Waals surface area contributed by atoms with Crippen LogP contribution in [0.3, 0.4) is 0 Å². The molecule has 0 unspecified atom stereocenters. The van der Waals surface area contributed by atoms with Gasteiger partial charge >= 0.3 is 17.6 Å². The summed E-state index contributed by atoms with van der Waals surface area (Å²) in [4.78, 5) is 10.1. The predicted molar refractivity (Wildman–Crippen MR) is 58.0 cm³/mol. The molecule has 1 aromatic rings. The molecule has 19 heavy (non-hydrogen) atoms. The molecule has 0 aliphatic rings. The van der Waals surface area contributed by atoms with Gasteiger partial charge in [0.2, 0.25) is 0 Å². The summed E-state index contributed by atoms with van der Waals surface area (Å²) in [6.07, 6.45) is -5.13. The second-order valence-corrected chi connectivity index (χ2v) is 4.66. The number of thioether (sulfide) groups is 1. The van der Waals surface area contributed by atoms with E-state index in [0.29, 0.717) is 6.07 Å². The first-order valence-electron chi connectivity index (χ1n) is 4.42. The largest absolute Gasteiger partial charge is 0.471 e. The molecule has 0 aromatic heterocycles. The summed E-state index contributed by atoms with van der Waals surface area (Å²) in [5.74, 6) is -2.28. The molecule has 0 saturated carbocycles. The average molecular weight is 324 g/mol. The van der Waals surface area contributed by atoms with Crippen molar-refractivity contribution in [2.24, 2.45) is 0 Å². The summed E-state index contributed by atoms with van der Waals surface area (Å²) in [5.41, 5.74) is -5.07. The van der Waals surface area contributed by atoms with Gasteiger partial charge in [-0.2, -0.15) is 26.3 Å². The van der Waals surface area contributed by atoms with Crippen LogP contribution in [0.1, 0.15) is 0 Å². The monoisotopic (exact) mass is 323 g/mol. The van der Waals surface area contributed by atoms with Crippen molar-refractivity contribution in [1.82, 2.24) is 0 Å². The first-order valence-corrected chi connectivity index (χ1v) is 5.62. The highest BCUT2D eigenvalue weighted by Crippen LogP contribution is 2.41. The van der Waals surface area contributed by atoms with Gasteiger partial charge in [0.15, 0.2) is 0 Å². The fraction of sp³-hybridized carbons (Fsp3) is 0.222. The quantitative estimate of drug-likeness (QED) is 0.643. The van der Waals surface area contributed by atoms with E-state index in [-0.39, 0.29) is 5.02 Å². The second kappa shape index (κ2) is 5.49. The predicted octanol–water partition coefficient (Wildman–Crippen LogP) is 4.45. The molecule has 0 spiro atoms. The highest BCUT2D eigenvalue weighted by atomic mass is 35.5. The maximum Gasteiger partial charge on any atom is 0.471 e. The number of nitrogens with one attached hydrogen (secondary N) is 1. The maximum atomic E-state index is 12.1. The van der Waals surface area contributed by atoms with Gasteiger partial charge in [0.25, 0.3) is 0 Å². The molecule has 0 heterocycles. The zero-order valence-corrected chi connectivity index (χ0v) is 10.3. The summed E-state index contributed by atoms with van der Waals surface area (Å²) in [5, 5.41) is 1.15. The summed E-state index contributed by atoms with van der Waals surface area (Å²) < 4.78 is 72.3. The van der Waals surface area contributed by atoms with Crippen molar-refractivity contribution in [3.8, 4) is 0 Å². The van der Waals surface area contributed by atoms with Gasteiger partial charge in [-0.1, -0.05) is 11.6 Å². The molecule has 0 saturated heterocycles. The van der Waals surface area contributed by atoms with E-state index in [1.165, 1.54) is 5.32 Å². The normalized spacial score (nSPS) is 12.4. The Labute approximate surface area is 112 Å². The molecule has 2 nitrogen and oxygen atoms in total. The molecule has 1 amide bonds. The minimum atomic E-state index is -5.13. The Morgan fingerprint density at radius 3 is 2.21 bits per heavy atom. The topological polar surface area (TPSA) is 29.1 Å². The van der Waals surface area contributed by atoms with E-state index in [2.05, 4.69) is 0 Å². The smallest absolute Gasteiger partial charge is 0.318 e. The lowest BCUT2D eigenvalue weighted by Gasteiger charge is -2.11. The number of benzene rings is 1. The molecular weight excluding hydrogens is 320 g/mol. The Hall–Kier alpha value is -1.09. The molecule has 0 aliphatic carbocycles. The Morgan fingerprint density at radius 1 is 1.16 bits per heavy atom. The molecule has 0 radical (unpaired) electrons. The summed E-state index contributed by atoms with van der Waals surface area (Å²) in [7, 11) is 0. The third-order valence-electron chi connectivity index (χ3n) is 1.67. The lowest BCUT2D eigenvalue weighted by atomic mass is 10.3. The van der Waals surface area contributed by atoms with Crippen molar-refractivity contribution >= 4 is 35.0 Å². The van der Waals surface area contributed by atoms with Gasteiger partial charge in [0.05, 0.1) is 5.02 Å². The molecule has 0 fully saturated rings. The lowest BCUT2D eigenvalue weighted by Crippen LogP contribution is -2.29. The van der Waals surface area contributed by atoms with Crippen LogP contribution in [-0.2, 0) is 4.79 Å². The van der Waals surface area contributed by atoms with Crippen molar-refractivity contribution < 1.29 is 31.1 Å². The van der Waals surface area contributed by atoms with Crippen molar-refractivity contribution in [2.45, 2.75) is 16.6 Å². The van der Waals surface area contributed by atoms with Crippen molar-refractivity contribution in [1.29, 1.82) is 0 Å². The number of alkyl halides is 6. The van der Waals surface area contributed by atoms with Gasteiger partial charge in [0, 0.05) is 10.6 Å². The van der Waals surface area contributed by atoms with E-state index in [9.17, 15) is 31.1 Å². The molecule has 1 aromatic carbocycles. The van der Waals surface area contributed by atoms with E-state index in [0.717, 1.165) is 12.1 Å². The van der Waals surface area contributed by atoms with Crippen LogP contribution in [-0.4, -0.2) is 17.6 Å². The molecular formula is C9H4ClF6NOS. The van der Waals surface area contributed by atoms with Gasteiger partial charge in [-0.05, 0) is 30.0 Å². The molecule has 1 N–H and O–H groups in total. The van der Waals surface area contributed by atoms with Gasteiger partial charge in [0.1, 0.15) is 0 Å². The Balaban J connectivity index is 2.94. The lowest BCUT2D eigenvalue weighted by molar-refractivity contribution is -0.167. The van der Waals surface area contributed by atoms with Crippen LogP contribution in [0.5, 0.6) is 0 Å². The summed E-state index contributed by atoms with van der Waals surface area (Å²) in [6.45, 7) is 0. The summed E-state index contributed by atoms with van der Waals surface area (Å²) >= 11 is 4.88. The first kappa shape index (κ1) is 16.0. The second-order valence-electron chi connectivity index (χ2n) is 3.14. The maximum absolute atomic E-state index is 12.1. The van der Waals surface area contributed by atoms with E-state index < -0.39 is 39.9 Å². The van der Waals surface area contributed by atoms with Crippen LogP contribution < -0.4 is 5.32 Å². The standard InChI is InChI=1S/C9H4ClF6NOS/c10-5-2-1-4(17-7(18)8(11,12)13)3-6(5)19-9(14,15)16/h1-3H,(H,17,18). The van der Waals surface area contributed by atoms with Crippen LogP contribution in [0, 0.1) is 0 Å². The van der Waals surface area contributed by atoms with E-state index in [1.807, 2.05) is 0 Å². The number of carbonyl (C=O) groups excluding carboxylic acids is 1. The molecule has 106 valence electrons. The molecule has 0 atom stereocenters. The minimum absolute atomic E-state index is 0.285. The van der Waals surface area contributed by atoms with Crippen molar-refractivity contribution in [3.05, 3.63) is 23.2 Å². The minimum Gasteiger partial charge on any atom is -0.318 e. The van der Waals surface area contributed by atoms with Crippen LogP contribution in [0.4, 0.5) is 32.0 Å². The summed E-state index contributed by atoms with van der Waals surface area (Å²) in [6, 6.07) is 2.64. The molecule has 0 bridgehead atoms. The Morgan fingerprint density at radius 2 is 1.74 bits per heavy atom. The fourth-order valence-electron chi connectivity index (χ4n) is 0.986. The van der Waals surface area contributed by atoms with Gasteiger partial charge in [-0.15, -0.1) is 0 Å². The van der Waals surface area contributed by atoms with Crippen LogP contribution >= 0.6 is 23.4 Å². The van der Waals surface area contributed by atoms with E-state index >= 15 is 0 Å². The van der Waals surface area contributed by atoms with Crippen molar-refractivity contribution in [3.63, 3.8) is 0 Å². The number of carbonyl (C=O) groups is 1. The zero-order chi connectivity index (χ0) is 14.8. The third kappa shape index (κ3) is 5.19. The van der Waals surface area contributed by atoms with Gasteiger partial charge in [-0.25, -0.2) is 0 Å². The highest BCUT2D eigenvalue weighted by Gasteiger charge is 2.39. The van der Waals surface area contributed by atoms with Crippen molar-refractivity contribution in [2.75, 3.05) is 5.32 Å². The number of hydrogen-bond donors (Lipinski definition) is 1. The fourth-order valence-corrected chi connectivity index (χ4v) is 1.82. The molecule has 1 rings (SSSR count). The van der Waals surface area contributed by atoms with E-state index in [4.69, 9.17) is 11.6 Å². The van der Waals surface area contributed by atoms with Gasteiger partial charge < -0.3 is 5.32 Å². The SMILES string of the molecule is O=C(Nc1ccc(Cl)c(SC(F)(F)F)c1)C(F)(F)F. The number of halogens is 7. The van der Waals surface area contributed by atoms with Crippen LogP contribution in [0.2, 0.25) is 5.02 Å². The van der Waals surface area contributed by atoms with Crippen LogP contribution in [0.15, 0.2) is 23.1 Å².